The van der Waals surface area contributed by atoms with Gasteiger partial charge >= 0.3 is 5.97 Å². The summed E-state index contributed by atoms with van der Waals surface area (Å²) in [6, 6.07) is -0.312. The summed E-state index contributed by atoms with van der Waals surface area (Å²) in [5.41, 5.74) is -2.65. The van der Waals surface area contributed by atoms with Gasteiger partial charge in [0.05, 0.1) is 36.4 Å². The van der Waals surface area contributed by atoms with Gasteiger partial charge in [-0.1, -0.05) is 27.7 Å². The van der Waals surface area contributed by atoms with Crippen LogP contribution in [-0.4, -0.2) is 113 Å². The van der Waals surface area contributed by atoms with Gasteiger partial charge in [0.15, 0.2) is 12.1 Å². The van der Waals surface area contributed by atoms with Gasteiger partial charge in [-0.3, -0.25) is 9.59 Å². The van der Waals surface area contributed by atoms with Crippen molar-refractivity contribution in [3.05, 3.63) is 12.2 Å². The molecule has 3 heterocycles. The molecule has 13 atom stereocenters. The monoisotopic (exact) mass is 597 g/mol. The Bertz CT molecular complexity index is 989. The maximum Gasteiger partial charge on any atom is 0.308 e. The van der Waals surface area contributed by atoms with Crippen molar-refractivity contribution in [2.75, 3.05) is 14.1 Å². The second-order valence-corrected chi connectivity index (χ2v) is 13.1. The Hall–Kier alpha value is -1.73. The fourth-order valence-electron chi connectivity index (χ4n) is 6.58. The zero-order chi connectivity index (χ0) is 31.6. The number of hydrogen-bond acceptors (Lipinski definition) is 11. The summed E-state index contributed by atoms with van der Waals surface area (Å²) in [6.45, 7) is 10.8. The molecular weight excluding hydrogens is 546 g/mol. The second kappa shape index (κ2) is 13.9. The molecular formula is C31H51NO10. The first-order valence-corrected chi connectivity index (χ1v) is 15.2. The molecule has 2 fully saturated rings. The molecule has 0 aromatic heterocycles. The van der Waals surface area contributed by atoms with E-state index in [1.165, 1.54) is 6.08 Å². The number of aliphatic hydroxyl groups excluding tert-OH is 2. The Kier molecular flexibility index (Phi) is 11.5. The number of carbonyl (C=O) groups is 3. The van der Waals surface area contributed by atoms with Crippen molar-refractivity contribution in [1.29, 1.82) is 0 Å². The molecule has 3 rings (SSSR count). The summed E-state index contributed by atoms with van der Waals surface area (Å²) < 4.78 is 23.9. The van der Waals surface area contributed by atoms with E-state index in [9.17, 15) is 29.7 Å². The number of allylic oxidation sites excluding steroid dienone is 1. The minimum atomic E-state index is -1.94. The maximum atomic E-state index is 13.2. The van der Waals surface area contributed by atoms with Gasteiger partial charge in [0.25, 0.3) is 0 Å². The zero-order valence-electron chi connectivity index (χ0n) is 26.3. The van der Waals surface area contributed by atoms with E-state index < -0.39 is 66.1 Å². The molecule has 240 valence electrons. The second-order valence-electron chi connectivity index (χ2n) is 13.1. The number of nitrogens with zero attached hydrogens (tertiary/aromatic N) is 1. The number of aliphatic hydroxyl groups is 3. The molecule has 42 heavy (non-hydrogen) atoms. The van der Waals surface area contributed by atoms with Crippen molar-refractivity contribution >= 4 is 18.0 Å². The van der Waals surface area contributed by atoms with E-state index in [-0.39, 0.29) is 42.8 Å². The van der Waals surface area contributed by atoms with Crippen LogP contribution in [0, 0.1) is 17.8 Å². The van der Waals surface area contributed by atoms with E-state index in [2.05, 4.69) is 0 Å². The summed E-state index contributed by atoms with van der Waals surface area (Å²) in [7, 11) is 3.66. The van der Waals surface area contributed by atoms with Crippen LogP contribution in [0.4, 0.5) is 0 Å². The Labute approximate surface area is 249 Å². The molecule has 0 bridgehead atoms. The number of ether oxygens (including phenoxy) is 4. The number of esters is 1. The van der Waals surface area contributed by atoms with Crippen LogP contribution in [0.5, 0.6) is 0 Å². The third kappa shape index (κ3) is 7.85. The molecule has 0 radical (unpaired) electrons. The van der Waals surface area contributed by atoms with E-state index in [0.29, 0.717) is 19.1 Å². The Morgan fingerprint density at radius 1 is 1.14 bits per heavy atom. The standard InChI is InChI=1S/C31H51NO10/c1-9-24-20(5)27-30(6,42-27)11-10-22(34)17(2)16-31(38,12-13-33)28(19(4)23(35)15-25(36)40-24)41-29-26(37)21(32(7)8)14-18(3)39-29/h10-11,13,17-21,23-24,26-29,35,37-38H,9,12,14-16H2,1-8H3. The van der Waals surface area contributed by atoms with Crippen LogP contribution in [-0.2, 0) is 33.3 Å². The van der Waals surface area contributed by atoms with Crippen LogP contribution in [0.1, 0.15) is 73.6 Å². The van der Waals surface area contributed by atoms with E-state index in [4.69, 9.17) is 18.9 Å². The molecule has 0 aliphatic carbocycles. The van der Waals surface area contributed by atoms with Crippen LogP contribution in [0.2, 0.25) is 0 Å². The average molecular weight is 598 g/mol. The molecule has 13 unspecified atom stereocenters. The van der Waals surface area contributed by atoms with Crippen molar-refractivity contribution in [3.63, 3.8) is 0 Å². The van der Waals surface area contributed by atoms with E-state index in [0.717, 1.165) is 0 Å². The first kappa shape index (κ1) is 34.8. The molecule has 0 aromatic rings. The number of likely N-dealkylation sites (N-methyl/N-ethyl adjacent to an activating group) is 1. The van der Waals surface area contributed by atoms with E-state index >= 15 is 0 Å². The van der Waals surface area contributed by atoms with Crippen molar-refractivity contribution in [2.45, 2.75) is 134 Å². The number of ketones is 1. The topological polar surface area (TPSA) is 155 Å². The summed E-state index contributed by atoms with van der Waals surface area (Å²) in [5, 5.41) is 34.5. The largest absolute Gasteiger partial charge is 0.462 e. The Morgan fingerprint density at radius 3 is 2.40 bits per heavy atom. The number of aldehydes is 1. The lowest BCUT2D eigenvalue weighted by molar-refractivity contribution is -0.299. The van der Waals surface area contributed by atoms with Gasteiger partial charge in [0.1, 0.15) is 24.1 Å². The molecule has 2 saturated heterocycles. The third-order valence-electron chi connectivity index (χ3n) is 9.35. The van der Waals surface area contributed by atoms with Crippen LogP contribution >= 0.6 is 0 Å². The maximum absolute atomic E-state index is 13.2. The molecule has 3 N–H and O–H groups in total. The molecule has 0 amide bonds. The molecule has 0 aromatic carbocycles. The number of rotatable bonds is 6. The normalized spacial score (nSPS) is 45.8. The highest BCUT2D eigenvalue weighted by Crippen LogP contribution is 2.45. The highest BCUT2D eigenvalue weighted by molar-refractivity contribution is 5.91. The molecule has 11 nitrogen and oxygen atoms in total. The molecule has 0 spiro atoms. The van der Waals surface area contributed by atoms with Crippen LogP contribution < -0.4 is 0 Å². The first-order valence-electron chi connectivity index (χ1n) is 15.2. The molecule has 3 aliphatic rings. The lowest BCUT2D eigenvalue weighted by Gasteiger charge is -2.46. The van der Waals surface area contributed by atoms with Crippen LogP contribution in [0.15, 0.2) is 12.2 Å². The first-order chi connectivity index (χ1) is 19.6. The van der Waals surface area contributed by atoms with Crippen molar-refractivity contribution in [1.82, 2.24) is 4.90 Å². The minimum Gasteiger partial charge on any atom is -0.462 e. The average Bonchev–Trinajstić information content (AvgIpc) is 3.60. The third-order valence-corrected chi connectivity index (χ3v) is 9.35. The fraction of sp³-hybridized carbons (Fsp3) is 0.839. The van der Waals surface area contributed by atoms with Crippen LogP contribution in [0.25, 0.3) is 0 Å². The van der Waals surface area contributed by atoms with Crippen molar-refractivity contribution < 1.29 is 48.7 Å². The molecule has 3 aliphatic heterocycles. The predicted octanol–water partition coefficient (Wildman–Crippen LogP) is 1.79. The predicted molar refractivity (Wildman–Crippen MR) is 153 cm³/mol. The molecule has 0 saturated carbocycles. The summed E-state index contributed by atoms with van der Waals surface area (Å²) in [5.74, 6) is -2.70. The number of hydrogen-bond donors (Lipinski definition) is 3. The Morgan fingerprint density at radius 2 is 1.81 bits per heavy atom. The summed E-state index contributed by atoms with van der Waals surface area (Å²) in [4.78, 5) is 40.0. The lowest BCUT2D eigenvalue weighted by Crippen LogP contribution is -2.59. The summed E-state index contributed by atoms with van der Waals surface area (Å²) >= 11 is 0. The Balaban J connectivity index is 2.01. The van der Waals surface area contributed by atoms with Gasteiger partial charge in [0, 0.05) is 30.2 Å². The van der Waals surface area contributed by atoms with Crippen LogP contribution in [0.3, 0.4) is 0 Å². The van der Waals surface area contributed by atoms with Gasteiger partial charge in [0.2, 0.25) is 0 Å². The number of fused-ring (bicyclic) bond motifs is 1. The van der Waals surface area contributed by atoms with Crippen molar-refractivity contribution in [2.24, 2.45) is 17.8 Å². The minimum absolute atomic E-state index is 0.158. The van der Waals surface area contributed by atoms with Crippen molar-refractivity contribution in [3.8, 4) is 0 Å². The van der Waals surface area contributed by atoms with Gasteiger partial charge in [-0.15, -0.1) is 0 Å². The van der Waals surface area contributed by atoms with Gasteiger partial charge in [-0.2, -0.15) is 0 Å². The van der Waals surface area contributed by atoms with Gasteiger partial charge in [-0.05, 0) is 59.4 Å². The van der Waals surface area contributed by atoms with Gasteiger partial charge in [-0.25, -0.2) is 0 Å². The van der Waals surface area contributed by atoms with E-state index in [1.54, 1.807) is 19.9 Å². The van der Waals surface area contributed by atoms with E-state index in [1.807, 2.05) is 46.7 Å². The number of cyclic esters (lactones) is 1. The fourth-order valence-corrected chi connectivity index (χ4v) is 6.58. The lowest BCUT2D eigenvalue weighted by atomic mass is 9.76. The smallest absolute Gasteiger partial charge is 0.308 e. The number of epoxide rings is 1. The number of carbonyl (C=O) groups excluding carboxylic acids is 3. The SMILES string of the molecule is CCC1OC(=O)CC(O)C(C)C(OC2OC(C)CC(N(C)C)C2O)C(O)(CC=O)CC(C)C(=O)C=CC2(C)OC2C1C. The quantitative estimate of drug-likeness (QED) is 0.233. The molecule has 11 heteroatoms. The zero-order valence-corrected chi connectivity index (χ0v) is 26.3. The highest BCUT2D eigenvalue weighted by Gasteiger charge is 2.55. The van der Waals surface area contributed by atoms with Gasteiger partial charge < -0.3 is 44.0 Å². The highest BCUT2D eigenvalue weighted by atomic mass is 16.7. The summed E-state index contributed by atoms with van der Waals surface area (Å²) in [6.07, 6.45) is -2.19.